The van der Waals surface area contributed by atoms with Gasteiger partial charge in [0.2, 0.25) is 0 Å². The second-order valence-electron chi connectivity index (χ2n) is 4.34. The highest BCUT2D eigenvalue weighted by Gasteiger charge is 2.10. The van der Waals surface area contributed by atoms with E-state index in [4.69, 9.17) is 0 Å². The first-order valence-corrected chi connectivity index (χ1v) is 7.46. The van der Waals surface area contributed by atoms with E-state index in [9.17, 15) is 5.11 Å². The molecule has 0 saturated carbocycles. The van der Waals surface area contributed by atoms with Gasteiger partial charge in [-0.1, -0.05) is 42.1 Å². The van der Waals surface area contributed by atoms with Gasteiger partial charge in [0.1, 0.15) is 5.82 Å². The average molecular weight is 277 g/mol. The molecule has 0 bridgehead atoms. The second-order valence-corrected chi connectivity index (χ2v) is 5.40. The zero-order valence-electron chi connectivity index (χ0n) is 11.3. The van der Waals surface area contributed by atoms with Crippen LogP contribution in [0.3, 0.4) is 0 Å². The number of rotatable bonds is 6. The molecule has 4 nitrogen and oxygen atoms in total. The van der Waals surface area contributed by atoms with Crippen molar-refractivity contribution in [2.24, 2.45) is 0 Å². The van der Waals surface area contributed by atoms with Crippen LogP contribution in [0.4, 0.5) is 0 Å². The zero-order valence-corrected chi connectivity index (χ0v) is 12.1. The number of aryl methyl sites for hydroxylation is 1. The summed E-state index contributed by atoms with van der Waals surface area (Å²) in [5.74, 6) is 1.77. The van der Waals surface area contributed by atoms with Crippen molar-refractivity contribution >= 4 is 11.8 Å². The van der Waals surface area contributed by atoms with Crippen LogP contribution < -0.4 is 0 Å². The first kappa shape index (κ1) is 14.1. The van der Waals surface area contributed by atoms with E-state index in [1.54, 1.807) is 11.8 Å². The number of thioether (sulfide) groups is 1. The second kappa shape index (κ2) is 6.73. The van der Waals surface area contributed by atoms with Gasteiger partial charge in [-0.25, -0.2) is 0 Å². The van der Waals surface area contributed by atoms with E-state index < -0.39 is 6.10 Å². The van der Waals surface area contributed by atoms with Crippen molar-refractivity contribution in [2.75, 3.05) is 5.75 Å². The van der Waals surface area contributed by atoms with Gasteiger partial charge < -0.3 is 9.67 Å². The molecule has 2 aromatic rings. The summed E-state index contributed by atoms with van der Waals surface area (Å²) in [5, 5.41) is 19.2. The Balaban J connectivity index is 1.86. The van der Waals surface area contributed by atoms with E-state index in [2.05, 4.69) is 21.7 Å². The number of nitrogens with zero attached hydrogens (tertiary/aromatic N) is 3. The van der Waals surface area contributed by atoms with Crippen LogP contribution in [0.1, 0.15) is 30.8 Å². The number of aliphatic hydroxyl groups is 1. The van der Waals surface area contributed by atoms with Gasteiger partial charge in [-0.2, -0.15) is 0 Å². The molecule has 0 unspecified atom stereocenters. The van der Waals surface area contributed by atoms with Crippen molar-refractivity contribution in [3.8, 4) is 0 Å². The van der Waals surface area contributed by atoms with Gasteiger partial charge in [0.05, 0.1) is 6.10 Å². The molecule has 1 atom stereocenters. The maximum atomic E-state index is 10.1. The van der Waals surface area contributed by atoms with Crippen molar-refractivity contribution in [2.45, 2.75) is 38.1 Å². The van der Waals surface area contributed by atoms with Gasteiger partial charge in [0.25, 0.3) is 0 Å². The Labute approximate surface area is 117 Å². The van der Waals surface area contributed by atoms with Crippen molar-refractivity contribution < 1.29 is 5.11 Å². The molecule has 1 aromatic carbocycles. The Hall–Kier alpha value is -1.33. The Bertz CT molecular complexity index is 513. The molecular weight excluding hydrogens is 258 g/mol. The summed E-state index contributed by atoms with van der Waals surface area (Å²) in [6.45, 7) is 4.92. The molecule has 102 valence electrons. The van der Waals surface area contributed by atoms with Gasteiger partial charge in [0, 0.05) is 12.3 Å². The van der Waals surface area contributed by atoms with E-state index in [-0.39, 0.29) is 0 Å². The van der Waals surface area contributed by atoms with Crippen molar-refractivity contribution in [1.82, 2.24) is 14.8 Å². The third-order valence-electron chi connectivity index (χ3n) is 3.02. The smallest absolute Gasteiger partial charge is 0.191 e. The fourth-order valence-corrected chi connectivity index (χ4v) is 2.98. The lowest BCUT2D eigenvalue weighted by Gasteiger charge is -2.10. The summed E-state index contributed by atoms with van der Waals surface area (Å²) in [6, 6.07) is 9.76. The molecular formula is C14H19N3OS. The number of aromatic nitrogens is 3. The van der Waals surface area contributed by atoms with Gasteiger partial charge in [-0.3, -0.25) is 0 Å². The van der Waals surface area contributed by atoms with E-state index in [1.807, 2.05) is 37.3 Å². The number of benzene rings is 1. The van der Waals surface area contributed by atoms with Crippen LogP contribution in [0.25, 0.3) is 0 Å². The minimum Gasteiger partial charge on any atom is -0.388 e. The molecule has 0 radical (unpaired) electrons. The van der Waals surface area contributed by atoms with Crippen LogP contribution >= 0.6 is 11.8 Å². The molecule has 0 saturated heterocycles. The summed E-state index contributed by atoms with van der Waals surface area (Å²) in [5.41, 5.74) is 0.969. The quantitative estimate of drug-likeness (QED) is 0.825. The molecule has 1 aromatic heterocycles. The first-order valence-electron chi connectivity index (χ1n) is 6.48. The van der Waals surface area contributed by atoms with Crippen LogP contribution in [0.15, 0.2) is 35.5 Å². The van der Waals surface area contributed by atoms with Crippen molar-refractivity contribution in [1.29, 1.82) is 0 Å². The topological polar surface area (TPSA) is 50.9 Å². The normalized spacial score (nSPS) is 12.6. The van der Waals surface area contributed by atoms with E-state index in [1.165, 1.54) is 0 Å². The highest BCUT2D eigenvalue weighted by atomic mass is 32.2. The van der Waals surface area contributed by atoms with Crippen molar-refractivity contribution in [3.05, 3.63) is 41.7 Å². The molecule has 0 aliphatic heterocycles. The van der Waals surface area contributed by atoms with Crippen LogP contribution in [0.5, 0.6) is 0 Å². The number of hydrogen-bond acceptors (Lipinski definition) is 4. The molecule has 0 aliphatic rings. The minimum atomic E-state index is -0.409. The van der Waals surface area contributed by atoms with Gasteiger partial charge in [0.15, 0.2) is 5.16 Å². The van der Waals surface area contributed by atoms with Crippen LogP contribution in [0.2, 0.25) is 0 Å². The van der Waals surface area contributed by atoms with Crippen LogP contribution in [-0.2, 0) is 6.54 Å². The molecule has 0 aliphatic carbocycles. The number of hydrogen-bond donors (Lipinski definition) is 1. The lowest BCUT2D eigenvalue weighted by molar-refractivity contribution is 0.175. The summed E-state index contributed by atoms with van der Waals surface area (Å²) in [7, 11) is 0. The Morgan fingerprint density at radius 3 is 2.68 bits per heavy atom. The monoisotopic (exact) mass is 277 g/mol. The third kappa shape index (κ3) is 3.58. The predicted molar refractivity (Wildman–Crippen MR) is 77.2 cm³/mol. The molecule has 0 amide bonds. The number of aliphatic hydroxyl groups excluding tert-OH is 1. The SMILES string of the molecule is CCn1c(C)nnc1SCC[C@@H](O)c1ccccc1. The maximum absolute atomic E-state index is 10.1. The zero-order chi connectivity index (χ0) is 13.7. The molecule has 2 rings (SSSR count). The summed E-state index contributed by atoms with van der Waals surface area (Å²) in [4.78, 5) is 0. The average Bonchev–Trinajstić information content (AvgIpc) is 2.80. The lowest BCUT2D eigenvalue weighted by Crippen LogP contribution is -2.01. The Morgan fingerprint density at radius 2 is 2.00 bits per heavy atom. The molecule has 19 heavy (non-hydrogen) atoms. The summed E-state index contributed by atoms with van der Waals surface area (Å²) < 4.78 is 2.08. The van der Waals surface area contributed by atoms with Gasteiger partial charge in [-0.15, -0.1) is 10.2 Å². The van der Waals surface area contributed by atoms with E-state index >= 15 is 0 Å². The van der Waals surface area contributed by atoms with Gasteiger partial charge in [-0.05, 0) is 25.8 Å². The minimum absolute atomic E-state index is 0.409. The van der Waals surface area contributed by atoms with E-state index in [0.29, 0.717) is 6.42 Å². The van der Waals surface area contributed by atoms with Crippen molar-refractivity contribution in [3.63, 3.8) is 0 Å². The first-order chi connectivity index (χ1) is 9.22. The molecule has 5 heteroatoms. The van der Waals surface area contributed by atoms with Gasteiger partial charge >= 0.3 is 0 Å². The third-order valence-corrected chi connectivity index (χ3v) is 4.02. The Kier molecular flexibility index (Phi) is 4.99. The predicted octanol–water partition coefficient (Wildman–Crippen LogP) is 2.82. The lowest BCUT2D eigenvalue weighted by atomic mass is 10.1. The highest BCUT2D eigenvalue weighted by Crippen LogP contribution is 2.23. The molecule has 1 N–H and O–H groups in total. The fraction of sp³-hybridized carbons (Fsp3) is 0.429. The highest BCUT2D eigenvalue weighted by molar-refractivity contribution is 7.99. The Morgan fingerprint density at radius 1 is 1.26 bits per heavy atom. The van der Waals surface area contributed by atoms with Crippen LogP contribution in [-0.4, -0.2) is 25.6 Å². The maximum Gasteiger partial charge on any atom is 0.191 e. The fourth-order valence-electron chi connectivity index (χ4n) is 1.94. The van der Waals surface area contributed by atoms with Crippen LogP contribution in [0, 0.1) is 6.92 Å². The summed E-state index contributed by atoms with van der Waals surface area (Å²) in [6.07, 6.45) is 0.303. The molecule has 0 fully saturated rings. The summed E-state index contributed by atoms with van der Waals surface area (Å²) >= 11 is 1.64. The standard InChI is InChI=1S/C14H19N3OS/c1-3-17-11(2)15-16-14(17)19-10-9-13(18)12-7-5-4-6-8-12/h4-8,13,18H,3,9-10H2,1-2H3/t13-/m1/s1. The molecule has 0 spiro atoms. The largest absolute Gasteiger partial charge is 0.388 e. The molecule has 1 heterocycles. The van der Waals surface area contributed by atoms with E-state index in [0.717, 1.165) is 28.8 Å².